The van der Waals surface area contributed by atoms with Crippen LogP contribution in [0.25, 0.3) is 0 Å². The number of carbonyl (C=O) groups excluding carboxylic acids is 1. The van der Waals surface area contributed by atoms with E-state index in [2.05, 4.69) is 10.3 Å². The Balaban J connectivity index is 1.93. The minimum Gasteiger partial charge on any atom is -0.487 e. The predicted molar refractivity (Wildman–Crippen MR) is 66.3 cm³/mol. The Bertz CT molecular complexity index is 474. The molecule has 2 amide bonds. The lowest BCUT2D eigenvalue weighted by Crippen LogP contribution is -2.29. The molecule has 1 aliphatic heterocycles. The van der Waals surface area contributed by atoms with Crippen LogP contribution in [0.5, 0.6) is 5.75 Å². The van der Waals surface area contributed by atoms with Crippen molar-refractivity contribution in [2.45, 2.75) is 12.5 Å². The predicted octanol–water partition coefficient (Wildman–Crippen LogP) is 0.572. The molecule has 0 aromatic carbocycles. The minimum absolute atomic E-state index is 0.163. The molecule has 7 nitrogen and oxygen atoms in total. The van der Waals surface area contributed by atoms with E-state index in [1.54, 1.807) is 12.1 Å². The highest BCUT2D eigenvalue weighted by molar-refractivity contribution is 5.91. The summed E-state index contributed by atoms with van der Waals surface area (Å²) in [6.07, 6.45) is 1.03. The van der Waals surface area contributed by atoms with Gasteiger partial charge in [0.2, 0.25) is 0 Å². The van der Waals surface area contributed by atoms with Crippen LogP contribution in [0, 0.1) is 0 Å². The van der Waals surface area contributed by atoms with Gasteiger partial charge in [-0.15, -0.1) is 0 Å². The molecular formula is C12H15N3O4. The molecule has 1 aromatic heterocycles. The normalized spacial score (nSPS) is 18.2. The zero-order valence-electron chi connectivity index (χ0n) is 10.5. The number of hydrogen-bond acceptors (Lipinski definition) is 4. The molecule has 0 saturated carbocycles. The molecule has 102 valence electrons. The fraction of sp³-hybridized carbons (Fsp3) is 0.417. The smallest absolute Gasteiger partial charge is 0.407 e. The summed E-state index contributed by atoms with van der Waals surface area (Å²) >= 11 is 0. The van der Waals surface area contributed by atoms with Gasteiger partial charge in [0.15, 0.2) is 0 Å². The van der Waals surface area contributed by atoms with Crippen molar-refractivity contribution in [3.05, 3.63) is 24.0 Å². The summed E-state index contributed by atoms with van der Waals surface area (Å²) in [5.74, 6) is 0.273. The molecule has 1 fully saturated rings. The van der Waals surface area contributed by atoms with Crippen LogP contribution < -0.4 is 10.1 Å². The van der Waals surface area contributed by atoms with Gasteiger partial charge in [0.1, 0.15) is 17.5 Å². The van der Waals surface area contributed by atoms with Crippen molar-refractivity contribution < 1.29 is 19.4 Å². The molecule has 1 saturated heterocycles. The van der Waals surface area contributed by atoms with E-state index in [1.165, 1.54) is 18.1 Å². The highest BCUT2D eigenvalue weighted by atomic mass is 16.5. The van der Waals surface area contributed by atoms with Crippen LogP contribution in [-0.2, 0) is 0 Å². The summed E-state index contributed by atoms with van der Waals surface area (Å²) in [7, 11) is 1.54. The lowest BCUT2D eigenvalue weighted by molar-refractivity contribution is 0.0957. The maximum atomic E-state index is 11.3. The van der Waals surface area contributed by atoms with E-state index in [4.69, 9.17) is 9.84 Å². The first-order chi connectivity index (χ1) is 9.10. The fourth-order valence-corrected chi connectivity index (χ4v) is 1.90. The van der Waals surface area contributed by atoms with Gasteiger partial charge in [0.25, 0.3) is 5.91 Å². The molecule has 2 rings (SSSR count). The van der Waals surface area contributed by atoms with Crippen LogP contribution >= 0.6 is 0 Å². The SMILES string of the molecule is CNC(=O)c1ccc(O[C@@H]2CCN(C(=O)O)C2)cn1. The molecule has 0 spiro atoms. The largest absolute Gasteiger partial charge is 0.487 e. The van der Waals surface area contributed by atoms with E-state index in [1.807, 2.05) is 0 Å². The standard InChI is InChI=1S/C12H15N3O4/c1-13-11(16)10-3-2-8(6-14-10)19-9-4-5-15(7-9)12(17)18/h2-3,6,9H,4-5,7H2,1H3,(H,13,16)(H,17,18)/t9-/m1/s1. The van der Waals surface area contributed by atoms with Crippen molar-refractivity contribution in [3.63, 3.8) is 0 Å². The quantitative estimate of drug-likeness (QED) is 0.833. The van der Waals surface area contributed by atoms with Gasteiger partial charge in [-0.3, -0.25) is 4.79 Å². The number of amides is 2. The van der Waals surface area contributed by atoms with E-state index in [-0.39, 0.29) is 12.0 Å². The summed E-state index contributed by atoms with van der Waals surface area (Å²) in [5.41, 5.74) is 0.313. The zero-order chi connectivity index (χ0) is 13.8. The van der Waals surface area contributed by atoms with Crippen LogP contribution in [0.1, 0.15) is 16.9 Å². The number of rotatable bonds is 3. The first-order valence-electron chi connectivity index (χ1n) is 5.93. The van der Waals surface area contributed by atoms with E-state index >= 15 is 0 Å². The molecule has 0 bridgehead atoms. The molecule has 2 N–H and O–H groups in total. The molecule has 0 aliphatic carbocycles. The third-order valence-corrected chi connectivity index (χ3v) is 2.91. The molecule has 1 aromatic rings. The van der Waals surface area contributed by atoms with E-state index < -0.39 is 6.09 Å². The topological polar surface area (TPSA) is 91.8 Å². The third kappa shape index (κ3) is 3.12. The number of carboxylic acid groups (broad SMARTS) is 1. The van der Waals surface area contributed by atoms with Gasteiger partial charge in [-0.05, 0) is 12.1 Å². The van der Waals surface area contributed by atoms with Crippen LogP contribution in [0.15, 0.2) is 18.3 Å². The summed E-state index contributed by atoms with van der Waals surface area (Å²) in [5, 5.41) is 11.3. The summed E-state index contributed by atoms with van der Waals surface area (Å²) in [6, 6.07) is 3.22. The fourth-order valence-electron chi connectivity index (χ4n) is 1.90. The van der Waals surface area contributed by atoms with Crippen molar-refractivity contribution in [1.29, 1.82) is 0 Å². The van der Waals surface area contributed by atoms with Crippen LogP contribution in [-0.4, -0.2) is 53.2 Å². The molecule has 0 unspecified atom stereocenters. The summed E-state index contributed by atoms with van der Waals surface area (Å²) < 4.78 is 5.62. The Labute approximate surface area is 110 Å². The number of nitrogens with one attached hydrogen (secondary N) is 1. The number of nitrogens with zero attached hydrogens (tertiary/aromatic N) is 2. The molecule has 1 aliphatic rings. The average Bonchev–Trinajstić information content (AvgIpc) is 2.87. The second-order valence-electron chi connectivity index (χ2n) is 4.22. The number of aromatic nitrogens is 1. The van der Waals surface area contributed by atoms with Crippen molar-refractivity contribution >= 4 is 12.0 Å². The van der Waals surface area contributed by atoms with Crippen LogP contribution in [0.2, 0.25) is 0 Å². The van der Waals surface area contributed by atoms with Gasteiger partial charge in [0, 0.05) is 20.0 Å². The molecule has 7 heteroatoms. The molecule has 0 radical (unpaired) electrons. The van der Waals surface area contributed by atoms with E-state index in [0.717, 1.165) is 0 Å². The van der Waals surface area contributed by atoms with Crippen molar-refractivity contribution in [3.8, 4) is 5.75 Å². The van der Waals surface area contributed by atoms with Gasteiger partial charge in [0.05, 0.1) is 12.7 Å². The highest BCUT2D eigenvalue weighted by Crippen LogP contribution is 2.17. The second-order valence-corrected chi connectivity index (χ2v) is 4.22. The Morgan fingerprint density at radius 2 is 2.32 bits per heavy atom. The third-order valence-electron chi connectivity index (χ3n) is 2.91. The van der Waals surface area contributed by atoms with Gasteiger partial charge in [-0.1, -0.05) is 0 Å². The zero-order valence-corrected chi connectivity index (χ0v) is 10.5. The second kappa shape index (κ2) is 5.55. The maximum absolute atomic E-state index is 11.3. The maximum Gasteiger partial charge on any atom is 0.407 e. The Morgan fingerprint density at radius 3 is 2.84 bits per heavy atom. The highest BCUT2D eigenvalue weighted by Gasteiger charge is 2.27. The van der Waals surface area contributed by atoms with Gasteiger partial charge < -0.3 is 20.1 Å². The number of ether oxygens (including phenoxy) is 1. The number of likely N-dealkylation sites (tertiary alicyclic amines) is 1. The summed E-state index contributed by atoms with van der Waals surface area (Å²) in [6.45, 7) is 0.830. The first-order valence-corrected chi connectivity index (χ1v) is 5.93. The number of carbonyl (C=O) groups is 2. The molecule has 19 heavy (non-hydrogen) atoms. The van der Waals surface area contributed by atoms with E-state index in [9.17, 15) is 9.59 Å². The lowest BCUT2D eigenvalue weighted by Gasteiger charge is -2.14. The van der Waals surface area contributed by atoms with Crippen LogP contribution in [0.4, 0.5) is 4.79 Å². The summed E-state index contributed by atoms with van der Waals surface area (Å²) in [4.78, 5) is 27.4. The lowest BCUT2D eigenvalue weighted by atomic mass is 10.3. The van der Waals surface area contributed by atoms with Crippen molar-refractivity contribution in [1.82, 2.24) is 15.2 Å². The monoisotopic (exact) mass is 265 g/mol. The van der Waals surface area contributed by atoms with Gasteiger partial charge in [-0.2, -0.15) is 0 Å². The van der Waals surface area contributed by atoms with Crippen molar-refractivity contribution in [2.24, 2.45) is 0 Å². The molecule has 2 heterocycles. The Hall–Kier alpha value is -2.31. The van der Waals surface area contributed by atoms with Crippen LogP contribution in [0.3, 0.4) is 0 Å². The average molecular weight is 265 g/mol. The number of hydrogen-bond donors (Lipinski definition) is 2. The van der Waals surface area contributed by atoms with Gasteiger partial charge >= 0.3 is 6.09 Å². The number of pyridine rings is 1. The Kier molecular flexibility index (Phi) is 3.84. The molecular weight excluding hydrogens is 250 g/mol. The van der Waals surface area contributed by atoms with E-state index in [0.29, 0.717) is 31.0 Å². The molecule has 1 atom stereocenters. The Morgan fingerprint density at radius 1 is 1.53 bits per heavy atom. The first kappa shape index (κ1) is 13.1. The van der Waals surface area contributed by atoms with Crippen molar-refractivity contribution in [2.75, 3.05) is 20.1 Å². The van der Waals surface area contributed by atoms with Gasteiger partial charge in [-0.25, -0.2) is 9.78 Å². The minimum atomic E-state index is -0.931.